The summed E-state index contributed by atoms with van der Waals surface area (Å²) in [5, 5.41) is 9.02. The first-order valence-electron chi connectivity index (χ1n) is 6.37. The van der Waals surface area contributed by atoms with Gasteiger partial charge in [-0.05, 0) is 37.6 Å². The Labute approximate surface area is 123 Å². The number of hydrogen-bond donors (Lipinski definition) is 2. The van der Waals surface area contributed by atoms with Crippen molar-refractivity contribution in [1.82, 2.24) is 4.72 Å². The normalized spacial score (nSPS) is 12.9. The van der Waals surface area contributed by atoms with E-state index in [-0.39, 0.29) is 17.9 Å². The van der Waals surface area contributed by atoms with Crippen LogP contribution in [0, 0.1) is 0 Å². The SMILES string of the molecule is CCOc1ccc(S(=O)(=O)NC(CCOC)C(=O)O)cc1. The maximum Gasteiger partial charge on any atom is 0.321 e. The number of benzene rings is 1. The Morgan fingerprint density at radius 1 is 1.33 bits per heavy atom. The monoisotopic (exact) mass is 317 g/mol. The highest BCUT2D eigenvalue weighted by molar-refractivity contribution is 7.89. The van der Waals surface area contributed by atoms with Gasteiger partial charge in [0.2, 0.25) is 10.0 Å². The van der Waals surface area contributed by atoms with Gasteiger partial charge in [-0.3, -0.25) is 4.79 Å². The zero-order chi connectivity index (χ0) is 15.9. The molecule has 0 aromatic heterocycles. The number of sulfonamides is 1. The fourth-order valence-electron chi connectivity index (χ4n) is 1.61. The third kappa shape index (κ3) is 5.33. The van der Waals surface area contributed by atoms with Crippen LogP contribution in [0.15, 0.2) is 29.2 Å². The van der Waals surface area contributed by atoms with E-state index >= 15 is 0 Å². The lowest BCUT2D eigenvalue weighted by molar-refractivity contribution is -0.139. The number of carboxylic acids is 1. The first-order valence-corrected chi connectivity index (χ1v) is 7.86. The molecule has 21 heavy (non-hydrogen) atoms. The summed E-state index contributed by atoms with van der Waals surface area (Å²) in [5.74, 6) is -0.702. The van der Waals surface area contributed by atoms with Crippen molar-refractivity contribution >= 4 is 16.0 Å². The Morgan fingerprint density at radius 2 is 1.95 bits per heavy atom. The van der Waals surface area contributed by atoms with E-state index in [9.17, 15) is 13.2 Å². The molecule has 0 saturated carbocycles. The standard InChI is InChI=1S/C13H19NO6S/c1-3-20-10-4-6-11(7-5-10)21(17,18)14-12(13(15)16)8-9-19-2/h4-7,12,14H,3,8-9H2,1-2H3,(H,15,16). The van der Waals surface area contributed by atoms with Crippen molar-refractivity contribution in [2.75, 3.05) is 20.3 Å². The lowest BCUT2D eigenvalue weighted by atomic mass is 10.2. The van der Waals surface area contributed by atoms with Crippen LogP contribution < -0.4 is 9.46 Å². The van der Waals surface area contributed by atoms with Crippen LogP contribution in [-0.4, -0.2) is 45.9 Å². The van der Waals surface area contributed by atoms with Crippen molar-refractivity contribution in [3.8, 4) is 5.75 Å². The molecule has 0 fully saturated rings. The van der Waals surface area contributed by atoms with Crippen LogP contribution in [-0.2, 0) is 19.6 Å². The van der Waals surface area contributed by atoms with Gasteiger partial charge in [-0.25, -0.2) is 8.42 Å². The van der Waals surface area contributed by atoms with Crippen molar-refractivity contribution in [3.05, 3.63) is 24.3 Å². The van der Waals surface area contributed by atoms with Gasteiger partial charge in [0.25, 0.3) is 0 Å². The molecule has 0 bridgehead atoms. The van der Waals surface area contributed by atoms with Crippen molar-refractivity contribution in [1.29, 1.82) is 0 Å². The predicted molar refractivity (Wildman–Crippen MR) is 75.8 cm³/mol. The second-order valence-corrected chi connectivity index (χ2v) is 5.91. The number of carbonyl (C=O) groups is 1. The Balaban J connectivity index is 2.85. The molecule has 1 aromatic carbocycles. The molecule has 0 saturated heterocycles. The van der Waals surface area contributed by atoms with Crippen LogP contribution in [0.3, 0.4) is 0 Å². The van der Waals surface area contributed by atoms with E-state index in [0.29, 0.717) is 12.4 Å². The van der Waals surface area contributed by atoms with Gasteiger partial charge < -0.3 is 14.6 Å². The van der Waals surface area contributed by atoms with Gasteiger partial charge in [0, 0.05) is 13.7 Å². The highest BCUT2D eigenvalue weighted by Gasteiger charge is 2.25. The number of carboxylic acid groups (broad SMARTS) is 1. The smallest absolute Gasteiger partial charge is 0.321 e. The summed E-state index contributed by atoms with van der Waals surface area (Å²) in [6.45, 7) is 2.44. The largest absolute Gasteiger partial charge is 0.494 e. The molecule has 1 aromatic rings. The Bertz CT molecular complexity index is 555. The van der Waals surface area contributed by atoms with Gasteiger partial charge in [-0.2, -0.15) is 4.72 Å². The number of methoxy groups -OCH3 is 1. The number of rotatable bonds is 9. The zero-order valence-corrected chi connectivity index (χ0v) is 12.7. The molecule has 1 atom stereocenters. The van der Waals surface area contributed by atoms with Gasteiger partial charge in [0.1, 0.15) is 11.8 Å². The molecule has 0 heterocycles. The minimum absolute atomic E-state index is 0.0189. The molecular formula is C13H19NO6S. The molecule has 0 aliphatic heterocycles. The predicted octanol–water partition coefficient (Wildman–Crippen LogP) is 0.853. The van der Waals surface area contributed by atoms with Crippen LogP contribution in [0.2, 0.25) is 0 Å². The third-order valence-corrected chi connectivity index (χ3v) is 4.14. The molecule has 2 N–H and O–H groups in total. The van der Waals surface area contributed by atoms with Crippen molar-refractivity contribution < 1.29 is 27.8 Å². The molecule has 8 heteroatoms. The lowest BCUT2D eigenvalue weighted by Crippen LogP contribution is -2.41. The summed E-state index contributed by atoms with van der Waals surface area (Å²) in [7, 11) is -2.49. The molecule has 0 spiro atoms. The maximum absolute atomic E-state index is 12.1. The number of hydrogen-bond acceptors (Lipinski definition) is 5. The summed E-state index contributed by atoms with van der Waals surface area (Å²) in [4.78, 5) is 11.0. The van der Waals surface area contributed by atoms with Crippen LogP contribution in [0.25, 0.3) is 0 Å². The second-order valence-electron chi connectivity index (χ2n) is 4.20. The van der Waals surface area contributed by atoms with Crippen molar-refractivity contribution in [2.24, 2.45) is 0 Å². The quantitative estimate of drug-likeness (QED) is 0.700. The molecule has 0 radical (unpaired) electrons. The number of aliphatic carboxylic acids is 1. The van der Waals surface area contributed by atoms with Gasteiger partial charge >= 0.3 is 5.97 Å². The van der Waals surface area contributed by atoms with Crippen LogP contribution in [0.1, 0.15) is 13.3 Å². The van der Waals surface area contributed by atoms with Crippen LogP contribution >= 0.6 is 0 Å². The zero-order valence-electron chi connectivity index (χ0n) is 11.9. The van der Waals surface area contributed by atoms with Crippen molar-refractivity contribution in [2.45, 2.75) is 24.3 Å². The minimum Gasteiger partial charge on any atom is -0.494 e. The fourth-order valence-corrected chi connectivity index (χ4v) is 2.83. The number of ether oxygens (including phenoxy) is 2. The Hall–Kier alpha value is -1.64. The van der Waals surface area contributed by atoms with Gasteiger partial charge in [-0.15, -0.1) is 0 Å². The molecule has 0 aliphatic carbocycles. The van der Waals surface area contributed by atoms with Crippen molar-refractivity contribution in [3.63, 3.8) is 0 Å². The summed E-state index contributed by atoms with van der Waals surface area (Å²) in [6.07, 6.45) is 0.0437. The Morgan fingerprint density at radius 3 is 2.43 bits per heavy atom. The molecule has 0 aliphatic rings. The highest BCUT2D eigenvalue weighted by Crippen LogP contribution is 2.16. The van der Waals surface area contributed by atoms with Gasteiger partial charge in [0.05, 0.1) is 11.5 Å². The maximum atomic E-state index is 12.1. The Kier molecular flexibility index (Phi) is 6.60. The molecule has 0 amide bonds. The van der Waals surface area contributed by atoms with E-state index in [1.807, 2.05) is 6.92 Å². The summed E-state index contributed by atoms with van der Waals surface area (Å²) >= 11 is 0. The fraction of sp³-hybridized carbons (Fsp3) is 0.462. The lowest BCUT2D eigenvalue weighted by Gasteiger charge is -2.14. The van der Waals surface area contributed by atoms with E-state index in [4.69, 9.17) is 14.6 Å². The molecule has 1 rings (SSSR count). The highest BCUT2D eigenvalue weighted by atomic mass is 32.2. The average Bonchev–Trinajstić information content (AvgIpc) is 2.44. The van der Waals surface area contributed by atoms with Crippen LogP contribution in [0.4, 0.5) is 0 Å². The first kappa shape index (κ1) is 17.4. The second kappa shape index (κ2) is 7.96. The number of nitrogens with one attached hydrogen (secondary N) is 1. The van der Waals surface area contributed by atoms with Crippen LogP contribution in [0.5, 0.6) is 5.75 Å². The molecule has 118 valence electrons. The van der Waals surface area contributed by atoms with E-state index in [0.717, 1.165) is 0 Å². The molecule has 1 unspecified atom stereocenters. The van der Waals surface area contributed by atoms with Gasteiger partial charge in [0.15, 0.2) is 0 Å². The van der Waals surface area contributed by atoms with E-state index in [1.165, 1.54) is 31.4 Å². The van der Waals surface area contributed by atoms with Gasteiger partial charge in [-0.1, -0.05) is 0 Å². The average molecular weight is 317 g/mol. The van der Waals surface area contributed by atoms with E-state index < -0.39 is 22.0 Å². The first-order chi connectivity index (χ1) is 9.90. The van der Waals surface area contributed by atoms with E-state index in [1.54, 1.807) is 0 Å². The molecule has 7 nitrogen and oxygen atoms in total. The topological polar surface area (TPSA) is 102 Å². The summed E-state index contributed by atoms with van der Waals surface area (Å²) in [5.41, 5.74) is 0. The summed E-state index contributed by atoms with van der Waals surface area (Å²) in [6, 6.07) is 4.53. The van der Waals surface area contributed by atoms with E-state index in [2.05, 4.69) is 4.72 Å². The minimum atomic E-state index is -3.91. The molecular weight excluding hydrogens is 298 g/mol. The summed E-state index contributed by atoms with van der Waals surface area (Å²) < 4.78 is 36.4. The third-order valence-electron chi connectivity index (χ3n) is 2.65.